The van der Waals surface area contributed by atoms with Crippen LogP contribution in [0.4, 0.5) is 0 Å². The highest BCUT2D eigenvalue weighted by Gasteiger charge is 2.29. The molecule has 94 valence electrons. The summed E-state index contributed by atoms with van der Waals surface area (Å²) in [6.07, 6.45) is -4.53. The van der Waals surface area contributed by atoms with Crippen LogP contribution in [0.15, 0.2) is 0 Å². The fraction of sp³-hybridized carbons (Fsp3) is 0.571. The fourth-order valence-electron chi connectivity index (χ4n) is 0.270. The van der Waals surface area contributed by atoms with Gasteiger partial charge in [0.05, 0.1) is 0 Å². The molecule has 0 fully saturated rings. The Morgan fingerprint density at radius 1 is 0.875 bits per heavy atom. The van der Waals surface area contributed by atoms with Gasteiger partial charge in [-0.15, -0.1) is 0 Å². The van der Waals surface area contributed by atoms with E-state index in [1.54, 1.807) is 0 Å². The van der Waals surface area contributed by atoms with E-state index >= 15 is 0 Å². The average molecular weight is 239 g/mol. The molecule has 2 unspecified atom stereocenters. The minimum absolute atomic E-state index is 0.731. The van der Waals surface area contributed by atoms with Crippen LogP contribution in [0, 0.1) is 0 Å². The monoisotopic (exact) mass is 239 g/mol. The number of hydrogen-bond acceptors (Lipinski definition) is 6. The molecule has 7 N–H and O–H groups in total. The van der Waals surface area contributed by atoms with Crippen LogP contribution in [-0.4, -0.2) is 61.7 Å². The molecule has 0 aliphatic heterocycles. The van der Waals surface area contributed by atoms with Crippen molar-refractivity contribution in [1.29, 1.82) is 0 Å². The second kappa shape index (κ2) is 7.56. The van der Waals surface area contributed by atoms with Gasteiger partial charge in [0.15, 0.2) is 12.2 Å². The molecular formula is C7H13NO8. The third-order valence-corrected chi connectivity index (χ3v) is 1.19. The average Bonchev–Trinajstić information content (AvgIpc) is 2.15. The zero-order chi connectivity index (χ0) is 13.5. The van der Waals surface area contributed by atoms with Crippen molar-refractivity contribution in [3.63, 3.8) is 0 Å². The summed E-state index contributed by atoms with van der Waals surface area (Å²) in [7, 11) is 0. The lowest BCUT2D eigenvalue weighted by Gasteiger charge is -2.07. The Balaban J connectivity index is 0. The summed E-state index contributed by atoms with van der Waals surface area (Å²) in [5, 5.41) is 40.4. The van der Waals surface area contributed by atoms with E-state index in [1.165, 1.54) is 6.92 Å². The molecule has 16 heavy (non-hydrogen) atoms. The summed E-state index contributed by atoms with van der Waals surface area (Å²) in [6.45, 7) is 1.42. The molecule has 0 spiro atoms. The van der Waals surface area contributed by atoms with Crippen LogP contribution in [0.3, 0.4) is 0 Å². The zero-order valence-corrected chi connectivity index (χ0v) is 8.27. The summed E-state index contributed by atoms with van der Waals surface area (Å²) in [5.41, 5.74) is 4.84. The van der Waals surface area contributed by atoms with E-state index in [1.807, 2.05) is 0 Å². The quantitative estimate of drug-likeness (QED) is 0.304. The first kappa shape index (κ1) is 16.7. The first-order chi connectivity index (χ1) is 7.11. The number of aliphatic hydroxyl groups is 2. The second-order valence-electron chi connectivity index (χ2n) is 2.69. The Morgan fingerprint density at radius 3 is 1.12 bits per heavy atom. The lowest BCUT2D eigenvalue weighted by molar-refractivity contribution is -0.165. The number of carboxylic acids is 3. The Labute approximate surface area is 89.7 Å². The van der Waals surface area contributed by atoms with Gasteiger partial charge < -0.3 is 31.3 Å². The number of hydrogen-bond donors (Lipinski definition) is 6. The number of rotatable bonds is 4. The maximum atomic E-state index is 9.77. The van der Waals surface area contributed by atoms with Gasteiger partial charge >= 0.3 is 17.9 Å². The van der Waals surface area contributed by atoms with Crippen LogP contribution in [-0.2, 0) is 14.4 Å². The number of carbonyl (C=O) groups is 3. The molecular weight excluding hydrogens is 226 g/mol. The van der Waals surface area contributed by atoms with Crippen molar-refractivity contribution in [2.24, 2.45) is 5.73 Å². The van der Waals surface area contributed by atoms with Crippen molar-refractivity contribution in [3.05, 3.63) is 0 Å². The number of nitrogens with two attached hydrogens (primary N) is 1. The Morgan fingerprint density at radius 2 is 1.06 bits per heavy atom. The summed E-state index contributed by atoms with van der Waals surface area (Å²) >= 11 is 0. The van der Waals surface area contributed by atoms with Crippen molar-refractivity contribution in [3.8, 4) is 0 Å². The molecule has 3 atom stereocenters. The first-order valence-corrected chi connectivity index (χ1v) is 3.91. The van der Waals surface area contributed by atoms with Crippen LogP contribution in [0.25, 0.3) is 0 Å². The largest absolute Gasteiger partial charge is 0.480 e. The van der Waals surface area contributed by atoms with Gasteiger partial charge in [-0.2, -0.15) is 0 Å². The Kier molecular flexibility index (Phi) is 7.90. The summed E-state index contributed by atoms with van der Waals surface area (Å²) < 4.78 is 0. The van der Waals surface area contributed by atoms with Gasteiger partial charge in [-0.3, -0.25) is 4.79 Å². The van der Waals surface area contributed by atoms with Crippen LogP contribution in [0.5, 0.6) is 0 Å². The number of aliphatic carboxylic acids is 3. The smallest absolute Gasteiger partial charge is 0.335 e. The molecule has 0 aliphatic carbocycles. The van der Waals surface area contributed by atoms with Gasteiger partial charge in [0.1, 0.15) is 6.04 Å². The van der Waals surface area contributed by atoms with Crippen LogP contribution >= 0.6 is 0 Å². The van der Waals surface area contributed by atoms with E-state index in [2.05, 4.69) is 0 Å². The Bertz CT molecular complexity index is 245. The first-order valence-electron chi connectivity index (χ1n) is 3.91. The third kappa shape index (κ3) is 7.67. The van der Waals surface area contributed by atoms with Gasteiger partial charge in [0.25, 0.3) is 0 Å². The predicted octanol–water partition coefficient (Wildman–Crippen LogP) is -2.70. The summed E-state index contributed by atoms with van der Waals surface area (Å²) in [5.74, 6) is -4.50. The van der Waals surface area contributed by atoms with E-state index in [9.17, 15) is 14.4 Å². The van der Waals surface area contributed by atoms with E-state index in [0.717, 1.165) is 0 Å². The molecule has 0 aromatic rings. The van der Waals surface area contributed by atoms with E-state index in [0.29, 0.717) is 0 Å². The van der Waals surface area contributed by atoms with Gasteiger partial charge in [-0.25, -0.2) is 9.59 Å². The molecule has 0 aromatic heterocycles. The Hall–Kier alpha value is -1.71. The summed E-state index contributed by atoms with van der Waals surface area (Å²) in [4.78, 5) is 29.1. The highest BCUT2D eigenvalue weighted by molar-refractivity contribution is 5.83. The molecule has 9 nitrogen and oxygen atoms in total. The molecule has 0 radical (unpaired) electrons. The molecule has 0 rings (SSSR count). The molecule has 0 heterocycles. The molecule has 0 amide bonds. The minimum atomic E-state index is -2.27. The standard InChI is InChI=1S/C4H6O6.C3H7NO2/c5-1(3(7)8)2(6)4(9)10;1-2(4)3(5)6/h1-2,5-6H,(H,7,8)(H,9,10);2H,4H2,1H3,(H,5,6)/t;2-/m.0/s1. The van der Waals surface area contributed by atoms with Crippen molar-refractivity contribution in [2.45, 2.75) is 25.2 Å². The van der Waals surface area contributed by atoms with Crippen molar-refractivity contribution >= 4 is 17.9 Å². The van der Waals surface area contributed by atoms with Crippen LogP contribution < -0.4 is 5.73 Å². The topological polar surface area (TPSA) is 178 Å². The van der Waals surface area contributed by atoms with Gasteiger partial charge in [0.2, 0.25) is 0 Å². The highest BCUT2D eigenvalue weighted by atomic mass is 16.4. The van der Waals surface area contributed by atoms with Gasteiger partial charge in [0, 0.05) is 0 Å². The highest BCUT2D eigenvalue weighted by Crippen LogP contribution is 1.92. The van der Waals surface area contributed by atoms with E-state index < -0.39 is 36.2 Å². The fourth-order valence-corrected chi connectivity index (χ4v) is 0.270. The van der Waals surface area contributed by atoms with Crippen molar-refractivity contribution < 1.29 is 39.9 Å². The SMILES string of the molecule is C[C@H](N)C(=O)O.O=C(O)C(O)C(O)C(=O)O. The van der Waals surface area contributed by atoms with E-state index in [4.69, 9.17) is 31.3 Å². The summed E-state index contributed by atoms with van der Waals surface area (Å²) in [6, 6.07) is -0.731. The number of carboxylic acid groups (broad SMARTS) is 3. The normalized spacial score (nSPS) is 15.0. The molecule has 0 aliphatic rings. The van der Waals surface area contributed by atoms with Crippen molar-refractivity contribution in [2.75, 3.05) is 0 Å². The van der Waals surface area contributed by atoms with Crippen LogP contribution in [0.1, 0.15) is 6.92 Å². The minimum Gasteiger partial charge on any atom is -0.480 e. The molecule has 0 saturated carbocycles. The lowest BCUT2D eigenvalue weighted by atomic mass is 10.2. The second-order valence-corrected chi connectivity index (χ2v) is 2.69. The molecule has 0 aromatic carbocycles. The van der Waals surface area contributed by atoms with Crippen LogP contribution in [0.2, 0.25) is 0 Å². The number of aliphatic hydroxyl groups excluding tert-OH is 2. The molecule has 9 heteroatoms. The van der Waals surface area contributed by atoms with Crippen molar-refractivity contribution in [1.82, 2.24) is 0 Å². The van der Waals surface area contributed by atoms with E-state index in [-0.39, 0.29) is 0 Å². The van der Waals surface area contributed by atoms with Gasteiger partial charge in [-0.05, 0) is 6.92 Å². The third-order valence-electron chi connectivity index (χ3n) is 1.19. The molecule has 0 saturated heterocycles. The predicted molar refractivity (Wildman–Crippen MR) is 48.6 cm³/mol. The molecule has 0 bridgehead atoms. The lowest BCUT2D eigenvalue weighted by Crippen LogP contribution is -2.39. The zero-order valence-electron chi connectivity index (χ0n) is 8.27. The maximum absolute atomic E-state index is 9.77. The van der Waals surface area contributed by atoms with Gasteiger partial charge in [-0.1, -0.05) is 0 Å². The maximum Gasteiger partial charge on any atom is 0.335 e.